The Morgan fingerprint density at radius 1 is 0.473 bits per heavy atom. The number of carbonyl (C=O) groups excluding carboxylic acids is 1. The Morgan fingerprint density at radius 2 is 0.900 bits per heavy atom. The lowest BCUT2D eigenvalue weighted by Crippen LogP contribution is -2.33. The van der Waals surface area contributed by atoms with Gasteiger partial charge in [-0.25, -0.2) is 34.9 Å². The maximum Gasteiger partial charge on any atom is 0.271 e. The minimum atomic E-state index is -0.667. The van der Waals surface area contributed by atoms with Crippen LogP contribution >= 0.6 is 68.4 Å². The molecule has 5 N–H and O–H groups in total. The van der Waals surface area contributed by atoms with E-state index >= 15 is 0 Å². The van der Waals surface area contributed by atoms with Crippen molar-refractivity contribution in [3.05, 3.63) is 386 Å². The number of nitrogen functional groups attached to an aromatic ring is 1. The molecule has 13 heterocycles. The smallest absolute Gasteiger partial charge is 0.271 e. The summed E-state index contributed by atoms with van der Waals surface area (Å²) >= 11 is 15.1. The predicted molar refractivity (Wildman–Crippen MR) is 442 cm³/mol. The molecular weight excluding hydrogens is 1670 g/mol. The molecule has 1 aliphatic rings. The Kier molecular flexibility index (Phi) is 29.9. The molecule has 0 radical (unpaired) electrons. The molecular formula is C82H74Cl2I2N14O10. The number of carbonyl (C=O) groups is 1. The number of aldehydes is 1. The van der Waals surface area contributed by atoms with Crippen LogP contribution in [-0.2, 0) is 57.2 Å². The fourth-order valence-electron chi connectivity index (χ4n) is 11.5. The van der Waals surface area contributed by atoms with Gasteiger partial charge in [0.1, 0.15) is 52.7 Å². The summed E-state index contributed by atoms with van der Waals surface area (Å²) in [6.45, 7) is 2.21. The van der Waals surface area contributed by atoms with Gasteiger partial charge < -0.3 is 21.1 Å². The van der Waals surface area contributed by atoms with Gasteiger partial charge in [0, 0.05) is 86.6 Å². The number of aryl methyl sites for hydroxylation is 1. The third kappa shape index (κ3) is 20.8. The van der Waals surface area contributed by atoms with Gasteiger partial charge in [-0.3, -0.25) is 60.1 Å². The molecule has 24 nitrogen and oxygen atoms in total. The van der Waals surface area contributed by atoms with Crippen molar-refractivity contribution >= 4 is 109 Å². The average molecular weight is 1740 g/mol. The van der Waals surface area contributed by atoms with E-state index in [1.54, 1.807) is 121 Å². The van der Waals surface area contributed by atoms with Crippen molar-refractivity contribution in [3.63, 3.8) is 0 Å². The Bertz CT molecular complexity index is 5940. The number of aromatic nitrogens is 13. The number of aliphatic hydroxyl groups is 3. The first-order valence-electron chi connectivity index (χ1n) is 34.6. The largest absolute Gasteiger partial charge is 0.390 e. The summed E-state index contributed by atoms with van der Waals surface area (Å²) in [5.41, 5.74) is 15.1. The van der Waals surface area contributed by atoms with Crippen LogP contribution in [0.2, 0.25) is 0 Å². The van der Waals surface area contributed by atoms with Crippen molar-refractivity contribution in [2.24, 2.45) is 0 Å². The zero-order valence-electron chi connectivity index (χ0n) is 59.3. The zero-order chi connectivity index (χ0) is 78.1. The van der Waals surface area contributed by atoms with E-state index in [1.165, 1.54) is 28.1 Å². The van der Waals surface area contributed by atoms with Crippen LogP contribution in [0.5, 0.6) is 0 Å². The van der Waals surface area contributed by atoms with Gasteiger partial charge >= 0.3 is 0 Å². The molecule has 0 bridgehead atoms. The Balaban J connectivity index is 0.000000139. The second kappa shape index (κ2) is 40.4. The molecule has 3 aromatic carbocycles. The van der Waals surface area contributed by atoms with Crippen LogP contribution in [0.15, 0.2) is 272 Å². The van der Waals surface area contributed by atoms with Gasteiger partial charge in [-0.05, 0) is 154 Å². The van der Waals surface area contributed by atoms with Crippen LogP contribution in [0.1, 0.15) is 110 Å². The number of rotatable bonds is 13. The SMILES string of the molecule is CCC(O)c1nc2n(c(=O)c1Cc1ccccc1)CCCC2.Nc1ccccn1.O=Cc1nc2ccccn2c(=O)c1Cc1ccccc1.O=c1c(Cc2ccccc2)c(CO)nc2ccccn12.O=c1c(I)c(CCl)nc2ccccn12.O=c1c(I)c(CO)nc2ccccn12.O=c1cc(CCl)nc2ccccn12. The second-order valence-corrected chi connectivity index (χ2v) is 27.1. The molecule has 1 aliphatic heterocycles. The van der Waals surface area contributed by atoms with Crippen molar-refractivity contribution < 1.29 is 20.1 Å². The molecule has 0 spiro atoms. The fourth-order valence-corrected chi connectivity index (χ4v) is 13.2. The number of alkyl halides is 2. The molecule has 1 unspecified atom stereocenters. The Morgan fingerprint density at radius 3 is 1.35 bits per heavy atom. The van der Waals surface area contributed by atoms with E-state index in [-0.39, 0.29) is 64.0 Å². The number of anilines is 1. The first kappa shape index (κ1) is 81.4. The molecule has 1 atom stereocenters. The van der Waals surface area contributed by atoms with E-state index in [1.807, 2.05) is 173 Å². The van der Waals surface area contributed by atoms with Gasteiger partial charge in [-0.1, -0.05) is 134 Å². The molecule has 16 rings (SSSR count). The van der Waals surface area contributed by atoms with Crippen molar-refractivity contribution in [2.45, 2.75) is 89.5 Å². The van der Waals surface area contributed by atoms with Crippen LogP contribution in [-0.4, -0.2) is 83.1 Å². The Hall–Kier alpha value is -11.1. The highest BCUT2D eigenvalue weighted by Gasteiger charge is 2.23. The number of aliphatic hydroxyl groups excluding tert-OH is 3. The van der Waals surface area contributed by atoms with Gasteiger partial charge in [0.25, 0.3) is 33.4 Å². The van der Waals surface area contributed by atoms with Gasteiger partial charge in [0.15, 0.2) is 6.29 Å². The summed E-state index contributed by atoms with van der Waals surface area (Å²) < 4.78 is 10.3. The molecule has 560 valence electrons. The molecule has 0 fully saturated rings. The number of fused-ring (bicyclic) bond motifs is 6. The van der Waals surface area contributed by atoms with Crippen LogP contribution in [0, 0.1) is 7.14 Å². The molecule has 110 heavy (non-hydrogen) atoms. The quantitative estimate of drug-likeness (QED) is 0.0473. The van der Waals surface area contributed by atoms with Crippen molar-refractivity contribution in [3.8, 4) is 0 Å². The minimum absolute atomic E-state index is 0.0241. The molecule has 0 aliphatic carbocycles. The van der Waals surface area contributed by atoms with Crippen LogP contribution in [0.25, 0.3) is 28.2 Å². The standard InChI is InChI=1S/C18H22N2O2.C16H14N2O2.C16H12N2O2.C9H6ClIN2O.C9H7ClN2O.C9H7IN2O2.C5H6N2/c1-2-15(21)17-14(12-13-8-4-3-5-9-13)18(22)20-11-7-6-10-16(20)19-17;2*19-11-14-13(10-12-6-2-1-3-7-12)16(20)18-9-5-4-8-15(18)17-14;10-5-6-8(11)9(14)13-4-2-1-3-7(13)12-6;10-6-7-5-9(13)12-4-2-1-3-8(12)11-7;10-8-6(5-13)11-7-3-1-2-4-12(7)9(8)14;6-5-3-1-2-4-7-5/h3-5,8-9,15,21H,2,6-7,10-12H2,1H3;1-9,19H,10-11H2;1-9,11H,10H2;1-4H,5H2;1-5H,6H2;1-4,13H,5H2;1-4H,(H2,6,7). The summed E-state index contributed by atoms with van der Waals surface area (Å²) in [5, 5.41) is 28.8. The van der Waals surface area contributed by atoms with E-state index in [0.717, 1.165) is 48.3 Å². The third-order valence-electron chi connectivity index (χ3n) is 17.0. The number of nitrogens with two attached hydrogens (primary N) is 1. The summed E-state index contributed by atoms with van der Waals surface area (Å²) in [6, 6.07) is 62.8. The normalized spacial score (nSPS) is 11.5. The molecule has 15 aromatic rings. The highest BCUT2D eigenvalue weighted by atomic mass is 127. The molecule has 0 amide bonds. The topological polar surface area (TPSA) is 323 Å². The molecule has 0 saturated carbocycles. The van der Waals surface area contributed by atoms with Crippen molar-refractivity contribution in [2.75, 3.05) is 5.73 Å². The Labute approximate surface area is 666 Å². The van der Waals surface area contributed by atoms with Gasteiger partial charge in [0.05, 0.1) is 65.1 Å². The average Bonchev–Trinajstić information content (AvgIpc) is 0.825. The van der Waals surface area contributed by atoms with Gasteiger partial charge in [-0.2, -0.15) is 0 Å². The first-order chi connectivity index (χ1) is 53.5. The number of halogens is 4. The number of benzene rings is 3. The lowest BCUT2D eigenvalue weighted by Gasteiger charge is -2.22. The van der Waals surface area contributed by atoms with E-state index in [2.05, 4.69) is 34.9 Å². The minimum Gasteiger partial charge on any atom is -0.390 e. The second-order valence-electron chi connectivity index (χ2n) is 24.4. The van der Waals surface area contributed by atoms with Crippen molar-refractivity contribution in [1.29, 1.82) is 0 Å². The third-order valence-corrected chi connectivity index (χ3v) is 19.7. The predicted octanol–water partition coefficient (Wildman–Crippen LogP) is 11.4. The highest BCUT2D eigenvalue weighted by molar-refractivity contribution is 14.1. The summed E-state index contributed by atoms with van der Waals surface area (Å²) in [7, 11) is 0. The summed E-state index contributed by atoms with van der Waals surface area (Å²) in [5.74, 6) is 1.93. The number of nitrogens with zero attached hydrogens (tertiary/aromatic N) is 13. The highest BCUT2D eigenvalue weighted by Crippen LogP contribution is 2.23. The number of hydrogen-bond acceptors (Lipinski definition) is 18. The van der Waals surface area contributed by atoms with Gasteiger partial charge in [0.2, 0.25) is 0 Å². The number of hydrogen-bond donors (Lipinski definition) is 4. The molecule has 12 aromatic heterocycles. The molecule has 28 heteroatoms. The maximum absolute atomic E-state index is 12.9. The monoisotopic (exact) mass is 1740 g/mol. The van der Waals surface area contributed by atoms with Crippen LogP contribution in [0.3, 0.4) is 0 Å². The van der Waals surface area contributed by atoms with E-state index in [0.29, 0.717) is 118 Å². The molecule has 0 saturated heterocycles. The van der Waals surface area contributed by atoms with E-state index in [9.17, 15) is 43.8 Å². The number of pyridine rings is 6. The van der Waals surface area contributed by atoms with Crippen molar-refractivity contribution in [1.82, 2.24) is 61.5 Å². The zero-order valence-corrected chi connectivity index (χ0v) is 65.2. The summed E-state index contributed by atoms with van der Waals surface area (Å²) in [6.07, 6.45) is 14.9. The van der Waals surface area contributed by atoms with E-state index < -0.39 is 6.10 Å². The van der Waals surface area contributed by atoms with E-state index in [4.69, 9.17) is 34.0 Å². The lowest BCUT2D eigenvalue weighted by atomic mass is 10.00. The lowest BCUT2D eigenvalue weighted by molar-refractivity contribution is 0.111. The fraction of sp³-hybridized carbons (Fsp3) is 0.171. The van der Waals surface area contributed by atoms with Crippen LogP contribution in [0.4, 0.5) is 5.82 Å². The first-order valence-corrected chi connectivity index (χ1v) is 37.9. The summed E-state index contributed by atoms with van der Waals surface area (Å²) in [4.78, 5) is 114. The van der Waals surface area contributed by atoms with Gasteiger partial charge in [-0.15, -0.1) is 23.2 Å². The van der Waals surface area contributed by atoms with Crippen LogP contribution < -0.4 is 39.1 Å². The maximum atomic E-state index is 12.9.